The SMILES string of the molecule is CC(=O)N1CCC2(CC1)c1cc(NC(=O)c3c(F)cccc3F)ccc1N(S(=O)(=O)c1ccc(F)cc1)C2C(C)C. The minimum atomic E-state index is -4.16. The number of fused-ring (bicyclic) bond motifs is 2. The van der Waals surface area contributed by atoms with E-state index in [9.17, 15) is 31.2 Å². The van der Waals surface area contributed by atoms with Gasteiger partial charge in [-0.15, -0.1) is 0 Å². The molecule has 1 N–H and O–H groups in total. The number of sulfonamides is 1. The molecule has 2 heterocycles. The van der Waals surface area contributed by atoms with E-state index in [1.54, 1.807) is 17.0 Å². The summed E-state index contributed by atoms with van der Waals surface area (Å²) in [5, 5.41) is 2.56. The predicted molar refractivity (Wildman–Crippen MR) is 149 cm³/mol. The number of halogens is 3. The highest BCUT2D eigenvalue weighted by atomic mass is 32.2. The first-order valence-electron chi connectivity index (χ1n) is 13.3. The minimum absolute atomic E-state index is 0.0684. The number of nitrogens with one attached hydrogen (secondary N) is 1. The molecule has 7 nitrogen and oxygen atoms in total. The van der Waals surface area contributed by atoms with E-state index in [1.165, 1.54) is 29.4 Å². The number of rotatable bonds is 5. The van der Waals surface area contributed by atoms with Gasteiger partial charge in [-0.2, -0.15) is 0 Å². The summed E-state index contributed by atoms with van der Waals surface area (Å²) in [7, 11) is -4.16. The highest BCUT2D eigenvalue weighted by molar-refractivity contribution is 7.92. The Bertz CT molecular complexity index is 1600. The van der Waals surface area contributed by atoms with Crippen LogP contribution in [0.4, 0.5) is 24.5 Å². The number of anilines is 2. The van der Waals surface area contributed by atoms with E-state index < -0.39 is 50.4 Å². The maximum absolute atomic E-state index is 14.3. The Morgan fingerprint density at radius 2 is 1.56 bits per heavy atom. The predicted octanol–water partition coefficient (Wildman–Crippen LogP) is 5.47. The number of benzene rings is 3. The van der Waals surface area contributed by atoms with Crippen molar-refractivity contribution < 1.29 is 31.2 Å². The van der Waals surface area contributed by atoms with Crippen molar-refractivity contribution in [2.24, 2.45) is 5.92 Å². The van der Waals surface area contributed by atoms with Crippen molar-refractivity contribution in [2.75, 3.05) is 22.7 Å². The lowest BCUT2D eigenvalue weighted by Gasteiger charge is -2.46. The van der Waals surface area contributed by atoms with Gasteiger partial charge in [-0.1, -0.05) is 19.9 Å². The topological polar surface area (TPSA) is 86.8 Å². The molecule has 0 radical (unpaired) electrons. The summed E-state index contributed by atoms with van der Waals surface area (Å²) in [6, 6.07) is 11.9. The number of piperidine rings is 1. The third kappa shape index (κ3) is 4.86. The molecule has 5 rings (SSSR count). The molecular formula is C30H30F3N3O4S. The highest BCUT2D eigenvalue weighted by Gasteiger charge is 2.56. The Morgan fingerprint density at radius 1 is 0.951 bits per heavy atom. The van der Waals surface area contributed by atoms with Gasteiger partial charge in [0.05, 0.1) is 16.6 Å². The molecule has 1 fully saturated rings. The summed E-state index contributed by atoms with van der Waals surface area (Å²) in [6.07, 6.45) is 0.911. The lowest BCUT2D eigenvalue weighted by Crippen LogP contribution is -2.55. The molecule has 2 aliphatic heterocycles. The summed E-state index contributed by atoms with van der Waals surface area (Å²) in [6.45, 7) is 6.14. The maximum atomic E-state index is 14.3. The van der Waals surface area contributed by atoms with Gasteiger partial charge in [-0.3, -0.25) is 13.9 Å². The number of carbonyl (C=O) groups excluding carboxylic acids is 2. The number of hydrogen-bond donors (Lipinski definition) is 1. The van der Waals surface area contributed by atoms with Crippen molar-refractivity contribution in [3.8, 4) is 0 Å². The molecule has 1 atom stereocenters. The van der Waals surface area contributed by atoms with Crippen molar-refractivity contribution in [3.05, 3.63) is 89.2 Å². The second-order valence-corrected chi connectivity index (χ2v) is 12.7. The van der Waals surface area contributed by atoms with Crippen LogP contribution < -0.4 is 9.62 Å². The van der Waals surface area contributed by atoms with E-state index in [2.05, 4.69) is 5.32 Å². The highest BCUT2D eigenvalue weighted by Crippen LogP contribution is 2.55. The lowest BCUT2D eigenvalue weighted by atomic mass is 9.66. The zero-order chi connectivity index (χ0) is 29.7. The summed E-state index contributed by atoms with van der Waals surface area (Å²) in [5.41, 5.74) is -0.158. The number of likely N-dealkylation sites (tertiary alicyclic amines) is 1. The van der Waals surface area contributed by atoms with E-state index in [-0.39, 0.29) is 22.4 Å². The molecule has 0 aromatic heterocycles. The molecule has 11 heteroatoms. The zero-order valence-electron chi connectivity index (χ0n) is 22.8. The fourth-order valence-electron chi connectivity index (χ4n) is 6.34. The van der Waals surface area contributed by atoms with Gasteiger partial charge < -0.3 is 10.2 Å². The van der Waals surface area contributed by atoms with Gasteiger partial charge in [0.15, 0.2) is 0 Å². The standard InChI is InChI=1S/C30H30F3N3O4S/c1-18(2)28-30(13-15-35(16-14-30)19(3)37)23-17-21(34-29(38)27-24(32)5-4-6-25(27)33)9-12-26(23)36(28)41(39,40)22-10-7-20(31)8-11-22/h4-12,17-18,28H,13-16H2,1-3H3,(H,34,38). The van der Waals surface area contributed by atoms with Crippen LogP contribution in [0.15, 0.2) is 65.6 Å². The normalized spacial score (nSPS) is 18.1. The molecule has 216 valence electrons. The van der Waals surface area contributed by atoms with Crippen LogP contribution in [0.3, 0.4) is 0 Å². The first-order valence-corrected chi connectivity index (χ1v) is 14.8. The molecule has 1 spiro atoms. The van der Waals surface area contributed by atoms with E-state index in [0.29, 0.717) is 37.2 Å². The quantitative estimate of drug-likeness (QED) is 0.430. The van der Waals surface area contributed by atoms with Gasteiger partial charge in [-0.05, 0) is 78.9 Å². The van der Waals surface area contributed by atoms with E-state index >= 15 is 0 Å². The van der Waals surface area contributed by atoms with Crippen LogP contribution in [0.25, 0.3) is 0 Å². The summed E-state index contributed by atoms with van der Waals surface area (Å²) in [5.74, 6) is -3.81. The van der Waals surface area contributed by atoms with Crippen LogP contribution >= 0.6 is 0 Å². The molecule has 0 aliphatic carbocycles. The Hall–Kier alpha value is -3.86. The number of carbonyl (C=O) groups is 2. The smallest absolute Gasteiger partial charge is 0.264 e. The third-order valence-electron chi connectivity index (χ3n) is 8.14. The molecule has 3 aromatic rings. The lowest BCUT2D eigenvalue weighted by molar-refractivity contribution is -0.130. The summed E-state index contributed by atoms with van der Waals surface area (Å²) >= 11 is 0. The zero-order valence-corrected chi connectivity index (χ0v) is 23.6. The van der Waals surface area contributed by atoms with Gasteiger partial charge in [0.25, 0.3) is 15.9 Å². The monoisotopic (exact) mass is 585 g/mol. The summed E-state index contributed by atoms with van der Waals surface area (Å²) < 4.78 is 71.9. The molecule has 1 saturated heterocycles. The first kappa shape index (κ1) is 28.7. The second-order valence-electron chi connectivity index (χ2n) is 10.9. The minimum Gasteiger partial charge on any atom is -0.343 e. The Balaban J connectivity index is 1.64. The molecule has 1 unspecified atom stereocenters. The van der Waals surface area contributed by atoms with Crippen LogP contribution in [-0.2, 0) is 20.2 Å². The van der Waals surface area contributed by atoms with Crippen LogP contribution in [0, 0.1) is 23.4 Å². The molecule has 0 saturated carbocycles. The largest absolute Gasteiger partial charge is 0.343 e. The number of amides is 2. The Morgan fingerprint density at radius 3 is 2.12 bits per heavy atom. The first-order chi connectivity index (χ1) is 19.4. The fraction of sp³-hybridized carbons (Fsp3) is 0.333. The number of hydrogen-bond acceptors (Lipinski definition) is 4. The average Bonchev–Trinajstić information content (AvgIpc) is 3.19. The fourth-order valence-corrected chi connectivity index (χ4v) is 8.21. The van der Waals surface area contributed by atoms with Crippen molar-refractivity contribution in [3.63, 3.8) is 0 Å². The van der Waals surface area contributed by atoms with E-state index in [1.807, 2.05) is 13.8 Å². The van der Waals surface area contributed by atoms with Crippen LogP contribution in [0.5, 0.6) is 0 Å². The van der Waals surface area contributed by atoms with Crippen molar-refractivity contribution >= 4 is 33.2 Å². The van der Waals surface area contributed by atoms with Gasteiger partial charge in [-0.25, -0.2) is 21.6 Å². The van der Waals surface area contributed by atoms with Crippen LogP contribution in [0.2, 0.25) is 0 Å². The molecule has 2 aliphatic rings. The van der Waals surface area contributed by atoms with Crippen LogP contribution in [-0.4, -0.2) is 44.3 Å². The van der Waals surface area contributed by atoms with E-state index in [4.69, 9.17) is 0 Å². The van der Waals surface area contributed by atoms with Crippen molar-refractivity contribution in [2.45, 2.75) is 50.0 Å². The maximum Gasteiger partial charge on any atom is 0.264 e. The molecule has 0 bridgehead atoms. The second kappa shape index (κ2) is 10.5. The molecular weight excluding hydrogens is 555 g/mol. The third-order valence-corrected chi connectivity index (χ3v) is 9.95. The van der Waals surface area contributed by atoms with Gasteiger partial charge in [0, 0.05) is 31.1 Å². The van der Waals surface area contributed by atoms with E-state index in [0.717, 1.165) is 30.3 Å². The number of nitrogens with zero attached hydrogens (tertiary/aromatic N) is 2. The van der Waals surface area contributed by atoms with Crippen LogP contribution in [0.1, 0.15) is 49.5 Å². The van der Waals surface area contributed by atoms with Gasteiger partial charge >= 0.3 is 0 Å². The van der Waals surface area contributed by atoms with Gasteiger partial charge in [0.1, 0.15) is 23.0 Å². The van der Waals surface area contributed by atoms with Gasteiger partial charge in [0.2, 0.25) is 5.91 Å². The molecule has 41 heavy (non-hydrogen) atoms. The Kier molecular flexibility index (Phi) is 7.35. The molecule has 3 aromatic carbocycles. The Labute approximate surface area is 237 Å². The molecule has 2 amide bonds. The van der Waals surface area contributed by atoms with Crippen molar-refractivity contribution in [1.82, 2.24) is 4.90 Å². The summed E-state index contributed by atoms with van der Waals surface area (Å²) in [4.78, 5) is 26.7. The average molecular weight is 586 g/mol. The van der Waals surface area contributed by atoms with Crippen molar-refractivity contribution in [1.29, 1.82) is 0 Å².